The fourth-order valence-electron chi connectivity index (χ4n) is 3.87. The molecule has 0 spiro atoms. The Labute approximate surface area is 199 Å². The second kappa shape index (κ2) is 13.8. The molecule has 190 valence electrons. The van der Waals surface area contributed by atoms with Crippen molar-refractivity contribution in [1.29, 1.82) is 0 Å². The molecular weight excluding hydrogens is 448 g/mol. The largest absolute Gasteiger partial charge is 0.385 e. The number of amides is 8. The Morgan fingerprint density at radius 3 is 1.09 bits per heavy atom. The van der Waals surface area contributed by atoms with Crippen molar-refractivity contribution < 1.29 is 38.2 Å². The van der Waals surface area contributed by atoms with E-state index in [1.807, 2.05) is 0 Å². The number of hydrogen-bond acceptors (Lipinski definition) is 8. The van der Waals surface area contributed by atoms with Crippen LogP contribution in [-0.4, -0.2) is 109 Å². The Balaban J connectivity index is 1.74. The number of methoxy groups -OCH3 is 2. The SMILES string of the molecule is COCCCN1C(=O)CC(=O)N(CCCCCCN2C(=O)CC(=O)N(CCCOC)C2=O)C1=O. The number of carbonyl (C=O) groups is 6. The molecule has 0 aromatic heterocycles. The summed E-state index contributed by atoms with van der Waals surface area (Å²) >= 11 is 0. The van der Waals surface area contributed by atoms with E-state index in [1.54, 1.807) is 0 Å². The van der Waals surface area contributed by atoms with Crippen molar-refractivity contribution in [1.82, 2.24) is 19.6 Å². The Bertz CT molecular complexity index is 723. The molecule has 0 aliphatic carbocycles. The molecule has 0 aromatic carbocycles. The average molecular weight is 483 g/mol. The molecule has 0 atom stereocenters. The predicted molar refractivity (Wildman–Crippen MR) is 118 cm³/mol. The van der Waals surface area contributed by atoms with E-state index in [0.29, 0.717) is 51.7 Å². The Morgan fingerprint density at radius 2 is 0.794 bits per heavy atom. The lowest BCUT2D eigenvalue weighted by atomic mass is 10.1. The minimum Gasteiger partial charge on any atom is -0.385 e. The molecule has 2 aliphatic rings. The van der Waals surface area contributed by atoms with E-state index in [0.717, 1.165) is 19.6 Å². The molecule has 8 amide bonds. The van der Waals surface area contributed by atoms with Gasteiger partial charge in [0.25, 0.3) is 0 Å². The second-order valence-corrected chi connectivity index (χ2v) is 8.21. The van der Waals surface area contributed by atoms with Gasteiger partial charge in [0.15, 0.2) is 0 Å². The van der Waals surface area contributed by atoms with Gasteiger partial charge in [-0.25, -0.2) is 9.59 Å². The molecule has 2 rings (SSSR count). The quantitative estimate of drug-likeness (QED) is 0.249. The summed E-state index contributed by atoms with van der Waals surface area (Å²) in [4.78, 5) is 77.8. The predicted octanol–water partition coefficient (Wildman–Crippen LogP) is 0.982. The Kier molecular flexibility index (Phi) is 11.1. The maximum absolute atomic E-state index is 12.5. The van der Waals surface area contributed by atoms with Gasteiger partial charge in [0.1, 0.15) is 12.8 Å². The molecule has 0 N–H and O–H groups in total. The highest BCUT2D eigenvalue weighted by molar-refractivity contribution is 6.14. The molecule has 0 radical (unpaired) electrons. The van der Waals surface area contributed by atoms with E-state index in [2.05, 4.69) is 0 Å². The summed E-state index contributed by atoms with van der Waals surface area (Å²) in [5.41, 5.74) is 0. The lowest BCUT2D eigenvalue weighted by molar-refractivity contribution is -0.144. The Hall–Kier alpha value is -2.86. The van der Waals surface area contributed by atoms with Crippen molar-refractivity contribution in [2.75, 3.05) is 53.6 Å². The van der Waals surface area contributed by atoms with Gasteiger partial charge in [0.2, 0.25) is 23.6 Å². The van der Waals surface area contributed by atoms with Gasteiger partial charge < -0.3 is 9.47 Å². The molecule has 12 heteroatoms. The first-order valence-electron chi connectivity index (χ1n) is 11.6. The monoisotopic (exact) mass is 482 g/mol. The summed E-state index contributed by atoms with van der Waals surface area (Å²) in [7, 11) is 3.07. The minimum absolute atomic E-state index is 0.203. The topological polar surface area (TPSA) is 134 Å². The molecule has 34 heavy (non-hydrogen) atoms. The summed E-state index contributed by atoms with van der Waals surface area (Å²) in [6, 6.07) is -1.19. The lowest BCUT2D eigenvalue weighted by Crippen LogP contribution is -2.55. The number of barbiturate groups is 2. The van der Waals surface area contributed by atoms with Gasteiger partial charge in [0, 0.05) is 53.6 Å². The van der Waals surface area contributed by atoms with Gasteiger partial charge in [-0.3, -0.25) is 38.8 Å². The first-order chi connectivity index (χ1) is 16.3. The molecule has 0 saturated carbocycles. The highest BCUT2D eigenvalue weighted by atomic mass is 16.5. The van der Waals surface area contributed by atoms with Crippen LogP contribution in [0.25, 0.3) is 0 Å². The van der Waals surface area contributed by atoms with E-state index >= 15 is 0 Å². The van der Waals surface area contributed by atoms with Crippen LogP contribution in [0.2, 0.25) is 0 Å². The van der Waals surface area contributed by atoms with Crippen molar-refractivity contribution in [2.24, 2.45) is 0 Å². The van der Waals surface area contributed by atoms with E-state index in [-0.39, 0.29) is 39.0 Å². The average Bonchev–Trinajstić information content (AvgIpc) is 2.78. The fraction of sp³-hybridized carbons (Fsp3) is 0.727. The van der Waals surface area contributed by atoms with Gasteiger partial charge in [-0.15, -0.1) is 0 Å². The summed E-state index contributed by atoms with van der Waals surface area (Å²) in [5.74, 6) is -1.98. The van der Waals surface area contributed by atoms with Crippen molar-refractivity contribution in [3.63, 3.8) is 0 Å². The first-order valence-corrected chi connectivity index (χ1v) is 11.6. The molecule has 2 saturated heterocycles. The molecule has 2 fully saturated rings. The molecule has 2 aliphatic heterocycles. The standard InChI is InChI=1S/C22H34N4O8/c1-33-13-7-11-25-19(29)15-17(27)23(21(25)31)9-5-3-4-6-10-24-18(28)16-20(30)26(22(24)32)12-8-14-34-2/h3-16H2,1-2H3. The number of imide groups is 4. The second-order valence-electron chi connectivity index (χ2n) is 8.21. The first kappa shape index (κ1) is 27.4. The maximum atomic E-state index is 12.5. The summed E-state index contributed by atoms with van der Waals surface area (Å²) in [6.45, 7) is 1.64. The van der Waals surface area contributed by atoms with E-state index < -0.39 is 35.7 Å². The molecule has 0 bridgehead atoms. The van der Waals surface area contributed by atoms with Crippen LogP contribution in [0.3, 0.4) is 0 Å². The van der Waals surface area contributed by atoms with Gasteiger partial charge in [0.05, 0.1) is 0 Å². The lowest BCUT2D eigenvalue weighted by Gasteiger charge is -2.33. The van der Waals surface area contributed by atoms with Crippen LogP contribution in [0.4, 0.5) is 9.59 Å². The van der Waals surface area contributed by atoms with Crippen LogP contribution in [0.5, 0.6) is 0 Å². The summed E-state index contributed by atoms with van der Waals surface area (Å²) in [6.07, 6.45) is 2.78. The molecular formula is C22H34N4O8. The van der Waals surface area contributed by atoms with Crippen molar-refractivity contribution in [3.8, 4) is 0 Å². The number of ether oxygens (including phenoxy) is 2. The van der Waals surface area contributed by atoms with Gasteiger partial charge in [-0.05, 0) is 25.7 Å². The van der Waals surface area contributed by atoms with Crippen LogP contribution >= 0.6 is 0 Å². The molecule has 0 aromatic rings. The van der Waals surface area contributed by atoms with Crippen LogP contribution in [-0.2, 0) is 28.7 Å². The summed E-state index contributed by atoms with van der Waals surface area (Å²) < 4.78 is 9.89. The van der Waals surface area contributed by atoms with Gasteiger partial charge in [-0.1, -0.05) is 12.8 Å². The zero-order valence-corrected chi connectivity index (χ0v) is 20.0. The minimum atomic E-state index is -0.597. The highest BCUT2D eigenvalue weighted by Crippen LogP contribution is 2.16. The molecule has 0 unspecified atom stereocenters. The van der Waals surface area contributed by atoms with Gasteiger partial charge >= 0.3 is 12.1 Å². The number of rotatable bonds is 15. The third-order valence-electron chi connectivity index (χ3n) is 5.71. The molecule has 12 nitrogen and oxygen atoms in total. The van der Waals surface area contributed by atoms with Crippen molar-refractivity contribution in [3.05, 3.63) is 0 Å². The van der Waals surface area contributed by atoms with E-state index in [1.165, 1.54) is 14.2 Å². The van der Waals surface area contributed by atoms with Gasteiger partial charge in [-0.2, -0.15) is 0 Å². The number of hydrogen-bond donors (Lipinski definition) is 0. The third kappa shape index (κ3) is 7.32. The maximum Gasteiger partial charge on any atom is 0.333 e. The normalized spacial score (nSPS) is 17.5. The van der Waals surface area contributed by atoms with Crippen LogP contribution < -0.4 is 0 Å². The third-order valence-corrected chi connectivity index (χ3v) is 5.71. The fourth-order valence-corrected chi connectivity index (χ4v) is 3.87. The zero-order chi connectivity index (χ0) is 25.1. The smallest absolute Gasteiger partial charge is 0.333 e. The number of urea groups is 2. The Morgan fingerprint density at radius 1 is 0.500 bits per heavy atom. The number of carbonyl (C=O) groups excluding carboxylic acids is 6. The van der Waals surface area contributed by atoms with Crippen LogP contribution in [0, 0.1) is 0 Å². The van der Waals surface area contributed by atoms with Crippen molar-refractivity contribution >= 4 is 35.7 Å². The van der Waals surface area contributed by atoms with Crippen LogP contribution in [0.15, 0.2) is 0 Å². The number of nitrogens with zero attached hydrogens (tertiary/aromatic N) is 4. The zero-order valence-electron chi connectivity index (χ0n) is 20.0. The van der Waals surface area contributed by atoms with E-state index in [9.17, 15) is 28.8 Å². The van der Waals surface area contributed by atoms with Crippen LogP contribution in [0.1, 0.15) is 51.4 Å². The van der Waals surface area contributed by atoms with Crippen molar-refractivity contribution in [2.45, 2.75) is 51.4 Å². The highest BCUT2D eigenvalue weighted by Gasteiger charge is 2.38. The molecule has 2 heterocycles. The number of unbranched alkanes of at least 4 members (excludes halogenated alkanes) is 3. The summed E-state index contributed by atoms with van der Waals surface area (Å²) in [5, 5.41) is 0. The van der Waals surface area contributed by atoms with E-state index in [4.69, 9.17) is 9.47 Å².